The lowest BCUT2D eigenvalue weighted by molar-refractivity contribution is 0.0735. The van der Waals surface area contributed by atoms with Gasteiger partial charge in [0.1, 0.15) is 0 Å². The number of amides is 1. The molecule has 1 fully saturated rings. The Morgan fingerprint density at radius 2 is 1.96 bits per heavy atom. The number of hydrogen-bond donors (Lipinski definition) is 0. The predicted octanol–water partition coefficient (Wildman–Crippen LogP) is 1.80. The summed E-state index contributed by atoms with van der Waals surface area (Å²) >= 11 is 0. The van der Waals surface area contributed by atoms with Crippen LogP contribution in [-0.2, 0) is 16.9 Å². The number of carbonyl (C=O) groups excluding carboxylic acids is 1. The van der Waals surface area contributed by atoms with Crippen molar-refractivity contribution in [1.82, 2.24) is 14.7 Å². The Labute approximate surface area is 135 Å². The van der Waals surface area contributed by atoms with E-state index in [4.69, 9.17) is 0 Å². The van der Waals surface area contributed by atoms with Crippen LogP contribution in [0.2, 0.25) is 0 Å². The first-order valence-electron chi connectivity index (χ1n) is 7.46. The van der Waals surface area contributed by atoms with E-state index in [1.165, 1.54) is 12.1 Å². The van der Waals surface area contributed by atoms with Gasteiger partial charge >= 0.3 is 0 Å². The van der Waals surface area contributed by atoms with Gasteiger partial charge in [-0.3, -0.25) is 9.48 Å². The third-order valence-corrected chi connectivity index (χ3v) is 5.28. The molecule has 3 rings (SSSR count). The molecule has 7 heteroatoms. The summed E-state index contributed by atoms with van der Waals surface area (Å²) in [7, 11) is -1.40. The van der Waals surface area contributed by atoms with E-state index in [0.29, 0.717) is 12.1 Å². The minimum absolute atomic E-state index is 0.0331. The number of nitrogens with zero attached hydrogens (tertiary/aromatic N) is 3. The van der Waals surface area contributed by atoms with Gasteiger partial charge in [-0.05, 0) is 37.1 Å². The highest BCUT2D eigenvalue weighted by molar-refractivity contribution is 7.90. The summed E-state index contributed by atoms with van der Waals surface area (Å²) in [6, 6.07) is 6.16. The second kappa shape index (κ2) is 5.81. The van der Waals surface area contributed by atoms with Gasteiger partial charge in [0.15, 0.2) is 9.84 Å². The zero-order valence-corrected chi connectivity index (χ0v) is 14.0. The lowest BCUT2D eigenvalue weighted by Crippen LogP contribution is -2.30. The second-order valence-corrected chi connectivity index (χ2v) is 7.92. The summed E-state index contributed by atoms with van der Waals surface area (Å²) in [4.78, 5) is 14.8. The summed E-state index contributed by atoms with van der Waals surface area (Å²) in [6.45, 7) is 0.701. The first kappa shape index (κ1) is 15.7. The van der Waals surface area contributed by atoms with Gasteiger partial charge in [-0.25, -0.2) is 8.42 Å². The Balaban J connectivity index is 1.84. The Hall–Kier alpha value is -2.15. The molecular weight excluding hydrogens is 314 g/mol. The highest BCUT2D eigenvalue weighted by atomic mass is 32.2. The molecule has 2 heterocycles. The number of aromatic nitrogens is 2. The molecular formula is C16H19N3O3S. The smallest absolute Gasteiger partial charge is 0.254 e. The van der Waals surface area contributed by atoms with Crippen molar-refractivity contribution in [2.75, 3.05) is 12.8 Å². The molecule has 1 aromatic heterocycles. The number of carbonyl (C=O) groups is 1. The molecule has 1 aliphatic heterocycles. The fourth-order valence-corrected chi connectivity index (χ4v) is 3.61. The molecule has 6 nitrogen and oxygen atoms in total. The highest BCUT2D eigenvalue weighted by Gasteiger charge is 2.31. The Morgan fingerprint density at radius 1 is 1.26 bits per heavy atom. The first-order valence-corrected chi connectivity index (χ1v) is 9.35. The van der Waals surface area contributed by atoms with Crippen LogP contribution in [0.3, 0.4) is 0 Å². The number of aryl methyl sites for hydroxylation is 1. The van der Waals surface area contributed by atoms with Crippen molar-refractivity contribution in [2.24, 2.45) is 7.05 Å². The third-order valence-electron chi connectivity index (χ3n) is 4.15. The summed E-state index contributed by atoms with van der Waals surface area (Å²) in [6.07, 6.45) is 6.75. The van der Waals surface area contributed by atoms with Crippen molar-refractivity contribution in [2.45, 2.75) is 23.8 Å². The van der Waals surface area contributed by atoms with Gasteiger partial charge in [-0.2, -0.15) is 5.10 Å². The van der Waals surface area contributed by atoms with E-state index < -0.39 is 9.84 Å². The maximum absolute atomic E-state index is 12.7. The average molecular weight is 333 g/mol. The minimum Gasteiger partial charge on any atom is -0.331 e. The van der Waals surface area contributed by atoms with E-state index in [9.17, 15) is 13.2 Å². The predicted molar refractivity (Wildman–Crippen MR) is 85.8 cm³/mol. The molecule has 0 radical (unpaired) electrons. The second-order valence-electron chi connectivity index (χ2n) is 5.90. The van der Waals surface area contributed by atoms with Crippen LogP contribution >= 0.6 is 0 Å². The number of hydrogen-bond acceptors (Lipinski definition) is 4. The zero-order chi connectivity index (χ0) is 16.6. The van der Waals surface area contributed by atoms with Crippen molar-refractivity contribution in [1.29, 1.82) is 0 Å². The van der Waals surface area contributed by atoms with Crippen molar-refractivity contribution in [3.8, 4) is 0 Å². The van der Waals surface area contributed by atoms with Crippen LogP contribution in [0, 0.1) is 0 Å². The number of benzene rings is 1. The van der Waals surface area contributed by atoms with Gasteiger partial charge < -0.3 is 4.90 Å². The fraction of sp³-hybridized carbons (Fsp3) is 0.375. The highest BCUT2D eigenvalue weighted by Crippen LogP contribution is 2.32. The average Bonchev–Trinajstić information content (AvgIpc) is 3.14. The van der Waals surface area contributed by atoms with Gasteiger partial charge in [0.2, 0.25) is 0 Å². The monoisotopic (exact) mass is 333 g/mol. The Bertz CT molecular complexity index is 825. The molecule has 0 spiro atoms. The van der Waals surface area contributed by atoms with E-state index in [0.717, 1.165) is 24.7 Å². The largest absolute Gasteiger partial charge is 0.331 e. The quantitative estimate of drug-likeness (QED) is 0.858. The molecule has 1 aromatic carbocycles. The van der Waals surface area contributed by atoms with Crippen LogP contribution in [0.5, 0.6) is 0 Å². The summed E-state index contributed by atoms with van der Waals surface area (Å²) in [5.41, 5.74) is 1.54. The van der Waals surface area contributed by atoms with E-state index in [2.05, 4.69) is 5.10 Å². The molecule has 0 saturated carbocycles. The fourth-order valence-electron chi connectivity index (χ4n) is 2.98. The summed E-state index contributed by atoms with van der Waals surface area (Å²) < 4.78 is 24.7. The van der Waals surface area contributed by atoms with Crippen LogP contribution in [-0.4, -0.2) is 41.8 Å². The van der Waals surface area contributed by atoms with Crippen LogP contribution in [0.15, 0.2) is 41.6 Å². The van der Waals surface area contributed by atoms with Crippen LogP contribution in [0.4, 0.5) is 0 Å². The zero-order valence-electron chi connectivity index (χ0n) is 13.1. The normalized spacial score (nSPS) is 18.3. The maximum Gasteiger partial charge on any atom is 0.254 e. The number of likely N-dealkylation sites (tertiary alicyclic amines) is 1. The first-order chi connectivity index (χ1) is 10.9. The van der Waals surface area contributed by atoms with Gasteiger partial charge in [-0.15, -0.1) is 0 Å². The molecule has 0 N–H and O–H groups in total. The van der Waals surface area contributed by atoms with Crippen molar-refractivity contribution < 1.29 is 13.2 Å². The number of sulfone groups is 1. The molecule has 23 heavy (non-hydrogen) atoms. The molecule has 2 aromatic rings. The van der Waals surface area contributed by atoms with Gasteiger partial charge in [0.05, 0.1) is 17.1 Å². The molecule has 0 unspecified atom stereocenters. The maximum atomic E-state index is 12.7. The van der Waals surface area contributed by atoms with Crippen LogP contribution in [0.1, 0.15) is 34.8 Å². The molecule has 0 bridgehead atoms. The lowest BCUT2D eigenvalue weighted by Gasteiger charge is -2.24. The van der Waals surface area contributed by atoms with E-state index >= 15 is 0 Å². The topological polar surface area (TPSA) is 72.3 Å². The molecule has 0 aliphatic carbocycles. The molecule has 1 saturated heterocycles. The van der Waals surface area contributed by atoms with Crippen molar-refractivity contribution in [3.05, 3.63) is 47.8 Å². The third kappa shape index (κ3) is 3.14. The molecule has 1 aliphatic rings. The van der Waals surface area contributed by atoms with Crippen molar-refractivity contribution >= 4 is 15.7 Å². The lowest BCUT2D eigenvalue weighted by atomic mass is 10.1. The van der Waals surface area contributed by atoms with E-state index in [-0.39, 0.29) is 16.8 Å². The van der Waals surface area contributed by atoms with E-state index in [1.54, 1.807) is 23.0 Å². The standard InChI is InChI=1S/C16H19N3O3S/c1-18-11-13(10-17-18)15-4-3-9-19(15)16(20)12-5-7-14(8-6-12)23(2,21)22/h5-8,10-11,15H,3-4,9H2,1-2H3/t15-/m0/s1. The minimum atomic E-state index is -3.25. The van der Waals surface area contributed by atoms with Crippen molar-refractivity contribution in [3.63, 3.8) is 0 Å². The summed E-state index contributed by atoms with van der Waals surface area (Å²) in [5, 5.41) is 4.18. The summed E-state index contributed by atoms with van der Waals surface area (Å²) in [5.74, 6) is -0.0728. The van der Waals surface area contributed by atoms with Gasteiger partial charge in [0.25, 0.3) is 5.91 Å². The van der Waals surface area contributed by atoms with Crippen LogP contribution < -0.4 is 0 Å². The molecule has 1 amide bonds. The Kier molecular flexibility index (Phi) is 3.97. The molecule has 122 valence electrons. The van der Waals surface area contributed by atoms with E-state index in [1.807, 2.05) is 18.1 Å². The van der Waals surface area contributed by atoms with Gasteiger partial charge in [-0.1, -0.05) is 0 Å². The van der Waals surface area contributed by atoms with Crippen LogP contribution in [0.25, 0.3) is 0 Å². The number of rotatable bonds is 3. The Morgan fingerprint density at radius 3 is 2.52 bits per heavy atom. The molecule has 1 atom stereocenters. The SMILES string of the molecule is Cn1cc([C@@H]2CCCN2C(=O)c2ccc(S(C)(=O)=O)cc2)cn1. The van der Waals surface area contributed by atoms with Gasteiger partial charge in [0, 0.05) is 37.2 Å².